The molecule has 0 aliphatic rings. The highest BCUT2D eigenvalue weighted by molar-refractivity contribution is 6.88. The molecule has 0 heterocycles. The normalized spacial score (nSPS) is 13.9. The molecule has 1 unspecified atom stereocenters. The number of anilines is 1. The fourth-order valence-corrected chi connectivity index (χ4v) is 5.14. The molecule has 0 aliphatic carbocycles. The van der Waals surface area contributed by atoms with Crippen molar-refractivity contribution in [2.75, 3.05) is 11.9 Å². The first-order chi connectivity index (χ1) is 16.2. The van der Waals surface area contributed by atoms with Gasteiger partial charge in [0.05, 0.1) is 8.07 Å². The number of allylic oxidation sites excluding steroid dienone is 2. The van der Waals surface area contributed by atoms with Crippen LogP contribution >= 0.6 is 0 Å². The summed E-state index contributed by atoms with van der Waals surface area (Å²) in [7, 11) is -1.31. The van der Waals surface area contributed by atoms with Crippen molar-refractivity contribution in [1.29, 1.82) is 0 Å². The van der Waals surface area contributed by atoms with Crippen LogP contribution in [0, 0.1) is 11.3 Å². The lowest BCUT2D eigenvalue weighted by molar-refractivity contribution is 0.295. The van der Waals surface area contributed by atoms with Crippen LogP contribution in [0.4, 0.5) is 5.69 Å². The Kier molecular flexibility index (Phi) is 9.80. The van der Waals surface area contributed by atoms with E-state index in [-0.39, 0.29) is 10.8 Å². The molecule has 2 aromatic carbocycles. The molecule has 0 saturated heterocycles. The molecular formula is C32H48N2Si. The number of rotatable bonds is 10. The van der Waals surface area contributed by atoms with Crippen molar-refractivity contribution in [3.63, 3.8) is 0 Å². The lowest BCUT2D eigenvalue weighted by atomic mass is 9.79. The third-order valence-electron chi connectivity index (χ3n) is 6.56. The van der Waals surface area contributed by atoms with Gasteiger partial charge in [0, 0.05) is 17.8 Å². The molecule has 0 spiro atoms. The molecule has 0 bridgehead atoms. The third kappa shape index (κ3) is 8.89. The van der Waals surface area contributed by atoms with Crippen molar-refractivity contribution in [3.8, 4) is 11.1 Å². The van der Waals surface area contributed by atoms with Gasteiger partial charge in [0.25, 0.3) is 0 Å². The molecule has 2 aromatic rings. The molecule has 2 N–H and O–H groups in total. The molecule has 0 radical (unpaired) electrons. The van der Waals surface area contributed by atoms with Gasteiger partial charge in [-0.1, -0.05) is 109 Å². The maximum Gasteiger partial charge on any atom is 0.0775 e. The van der Waals surface area contributed by atoms with E-state index in [1.54, 1.807) is 0 Å². The zero-order valence-electron chi connectivity index (χ0n) is 23.6. The third-order valence-corrected chi connectivity index (χ3v) is 8.63. The van der Waals surface area contributed by atoms with Gasteiger partial charge < -0.3 is 10.6 Å². The Balaban J connectivity index is 2.09. The number of nitrogens with one attached hydrogen (secondary N) is 2. The quantitative estimate of drug-likeness (QED) is 0.199. The topological polar surface area (TPSA) is 24.1 Å². The second kappa shape index (κ2) is 11.9. The van der Waals surface area contributed by atoms with Crippen LogP contribution in [-0.4, -0.2) is 14.6 Å². The minimum absolute atomic E-state index is 0.106. The summed E-state index contributed by atoms with van der Waals surface area (Å²) < 4.78 is 0. The van der Waals surface area contributed by atoms with Crippen molar-refractivity contribution >= 4 is 18.9 Å². The number of hydrogen-bond donors (Lipinski definition) is 2. The predicted molar refractivity (Wildman–Crippen MR) is 161 cm³/mol. The van der Waals surface area contributed by atoms with E-state index in [9.17, 15) is 0 Å². The Bertz CT molecular complexity index is 1010. The lowest BCUT2D eigenvalue weighted by Crippen LogP contribution is -2.37. The smallest absolute Gasteiger partial charge is 0.0775 e. The predicted octanol–water partition coefficient (Wildman–Crippen LogP) is 8.46. The summed E-state index contributed by atoms with van der Waals surface area (Å²) in [4.78, 5) is 0. The Labute approximate surface area is 216 Å². The standard InChI is InChI=1S/C32H48N2Si/c1-11-26(31(2,3)4)14-12-21-33-22-13-23-34-30-20-17-27(32(5,6)7)24-29(30)25-15-18-28(19-16-25)35(8,9)10/h11-13,15-21,23-24,26,33-34H,1,14,22H2,2-10H3/b21-12+,23-13+. The van der Waals surface area contributed by atoms with Gasteiger partial charge in [0.1, 0.15) is 0 Å². The molecule has 1 atom stereocenters. The summed E-state index contributed by atoms with van der Waals surface area (Å²) in [6.07, 6.45) is 11.5. The fourth-order valence-electron chi connectivity index (χ4n) is 3.97. The molecule has 2 nitrogen and oxygen atoms in total. The Morgan fingerprint density at radius 2 is 1.54 bits per heavy atom. The average Bonchev–Trinajstić information content (AvgIpc) is 2.76. The van der Waals surface area contributed by atoms with Crippen LogP contribution in [0.5, 0.6) is 0 Å². The Morgan fingerprint density at radius 3 is 2.09 bits per heavy atom. The maximum absolute atomic E-state index is 3.99. The van der Waals surface area contributed by atoms with Gasteiger partial charge in [-0.25, -0.2) is 0 Å². The van der Waals surface area contributed by atoms with Crippen molar-refractivity contribution < 1.29 is 0 Å². The minimum Gasteiger partial charge on any atom is -0.388 e. The summed E-state index contributed by atoms with van der Waals surface area (Å²) in [5.41, 5.74) is 5.32. The van der Waals surface area contributed by atoms with Gasteiger partial charge in [0.2, 0.25) is 0 Å². The molecule has 0 aromatic heterocycles. The average molecular weight is 489 g/mol. The molecule has 3 heteroatoms. The van der Waals surface area contributed by atoms with Crippen LogP contribution in [0.25, 0.3) is 11.1 Å². The highest BCUT2D eigenvalue weighted by Gasteiger charge is 2.20. The van der Waals surface area contributed by atoms with Crippen LogP contribution < -0.4 is 15.8 Å². The maximum atomic E-state index is 3.99. The van der Waals surface area contributed by atoms with E-state index in [2.05, 4.69) is 145 Å². The van der Waals surface area contributed by atoms with E-state index in [0.717, 1.165) is 18.7 Å². The molecule has 0 fully saturated rings. The molecule has 0 saturated carbocycles. The highest BCUT2D eigenvalue weighted by Crippen LogP contribution is 2.33. The fraction of sp³-hybridized carbons (Fsp3) is 0.438. The number of hydrogen-bond acceptors (Lipinski definition) is 2. The molecule has 0 aliphatic heterocycles. The van der Waals surface area contributed by atoms with Crippen LogP contribution in [0.1, 0.15) is 53.5 Å². The first kappa shape index (κ1) is 28.7. The summed E-state index contributed by atoms with van der Waals surface area (Å²) in [5.74, 6) is 0.479. The van der Waals surface area contributed by atoms with Gasteiger partial charge in [0.15, 0.2) is 0 Å². The first-order valence-electron chi connectivity index (χ1n) is 12.9. The van der Waals surface area contributed by atoms with E-state index in [1.165, 1.54) is 21.9 Å². The van der Waals surface area contributed by atoms with Crippen molar-refractivity contribution in [1.82, 2.24) is 5.32 Å². The van der Waals surface area contributed by atoms with E-state index in [4.69, 9.17) is 0 Å². The molecule has 0 amide bonds. The number of benzene rings is 2. The van der Waals surface area contributed by atoms with Crippen LogP contribution in [-0.2, 0) is 5.41 Å². The summed E-state index contributed by atoms with van der Waals surface area (Å²) in [5, 5.41) is 8.37. The lowest BCUT2D eigenvalue weighted by Gasteiger charge is -2.26. The second-order valence-corrected chi connectivity index (χ2v) is 17.7. The first-order valence-corrected chi connectivity index (χ1v) is 16.4. The molecule has 190 valence electrons. The minimum atomic E-state index is -1.31. The highest BCUT2D eigenvalue weighted by atomic mass is 28.3. The van der Waals surface area contributed by atoms with Crippen LogP contribution in [0.3, 0.4) is 0 Å². The van der Waals surface area contributed by atoms with Crippen LogP contribution in [0.2, 0.25) is 19.6 Å². The van der Waals surface area contributed by atoms with E-state index < -0.39 is 8.07 Å². The van der Waals surface area contributed by atoms with Gasteiger partial charge in [-0.15, -0.1) is 6.58 Å². The largest absolute Gasteiger partial charge is 0.388 e. The SMILES string of the molecule is C=CC(C/C=C/NC/C=C/Nc1ccc(C(C)(C)C)cc1-c1ccc([Si](C)(C)C)cc1)C(C)(C)C. The van der Waals surface area contributed by atoms with Gasteiger partial charge in [-0.3, -0.25) is 0 Å². The van der Waals surface area contributed by atoms with Gasteiger partial charge >= 0.3 is 0 Å². The van der Waals surface area contributed by atoms with Crippen LogP contribution in [0.15, 0.2) is 79.7 Å². The van der Waals surface area contributed by atoms with Gasteiger partial charge in [-0.2, -0.15) is 0 Å². The zero-order valence-corrected chi connectivity index (χ0v) is 24.6. The molecular weight excluding hydrogens is 440 g/mol. The van der Waals surface area contributed by atoms with E-state index >= 15 is 0 Å². The molecule has 2 rings (SSSR count). The van der Waals surface area contributed by atoms with Crippen molar-refractivity contribution in [2.45, 2.75) is 73.0 Å². The second-order valence-electron chi connectivity index (χ2n) is 12.6. The molecule has 35 heavy (non-hydrogen) atoms. The van der Waals surface area contributed by atoms with Crippen molar-refractivity contribution in [2.24, 2.45) is 11.3 Å². The van der Waals surface area contributed by atoms with Crippen molar-refractivity contribution in [3.05, 3.63) is 85.2 Å². The monoisotopic (exact) mass is 488 g/mol. The Morgan fingerprint density at radius 1 is 0.886 bits per heavy atom. The van der Waals surface area contributed by atoms with E-state index in [1.807, 2.05) is 6.20 Å². The van der Waals surface area contributed by atoms with Gasteiger partial charge in [-0.05, 0) is 64.9 Å². The Hall–Kier alpha value is -2.52. The summed E-state index contributed by atoms with van der Waals surface area (Å²) in [6.45, 7) is 25.5. The summed E-state index contributed by atoms with van der Waals surface area (Å²) >= 11 is 0. The van der Waals surface area contributed by atoms with E-state index in [0.29, 0.717) is 5.92 Å². The zero-order chi connectivity index (χ0) is 26.3. The summed E-state index contributed by atoms with van der Waals surface area (Å²) in [6, 6.07) is 16.0.